The van der Waals surface area contributed by atoms with Gasteiger partial charge in [-0.25, -0.2) is 0 Å². The number of ether oxygens (including phenoxy) is 1. The number of nitriles is 1. The first kappa shape index (κ1) is 13.6. The third-order valence-corrected chi connectivity index (χ3v) is 6.29. The average Bonchev–Trinajstić information content (AvgIpc) is 2.78. The zero-order valence-electron chi connectivity index (χ0n) is 12.6. The zero-order chi connectivity index (χ0) is 14.4. The molecule has 1 aromatic rings. The molecule has 0 N–H and O–H groups in total. The molecule has 2 aliphatic rings. The molecule has 3 unspecified atom stereocenters. The number of fused-ring (bicyclic) bond motifs is 2. The Balaban J connectivity index is 1.73. The van der Waals surface area contributed by atoms with Gasteiger partial charge in [-0.3, -0.25) is 0 Å². The Hall–Kier alpha value is -1.33. The van der Waals surface area contributed by atoms with Gasteiger partial charge in [-0.15, -0.1) is 0 Å². The minimum absolute atomic E-state index is 0.291. The lowest BCUT2D eigenvalue weighted by atomic mass is 9.70. The Morgan fingerprint density at radius 2 is 2.05 bits per heavy atom. The summed E-state index contributed by atoms with van der Waals surface area (Å²) in [5, 5.41) is 9.14. The summed E-state index contributed by atoms with van der Waals surface area (Å²) in [5.41, 5.74) is 2.42. The maximum Gasteiger partial charge on any atom is 0.0995 e. The number of hydrogen-bond acceptors (Lipinski definition) is 2. The van der Waals surface area contributed by atoms with Gasteiger partial charge in [-0.1, -0.05) is 39.0 Å². The van der Waals surface area contributed by atoms with E-state index in [0.717, 1.165) is 17.0 Å². The second-order valence-corrected chi connectivity index (χ2v) is 7.18. The number of benzene rings is 1. The van der Waals surface area contributed by atoms with Crippen LogP contribution >= 0.6 is 0 Å². The predicted molar refractivity (Wildman–Crippen MR) is 79.0 cm³/mol. The van der Waals surface area contributed by atoms with E-state index in [0.29, 0.717) is 23.5 Å². The van der Waals surface area contributed by atoms with Gasteiger partial charge in [-0.05, 0) is 47.6 Å². The van der Waals surface area contributed by atoms with Crippen molar-refractivity contribution in [1.29, 1.82) is 5.26 Å². The molecule has 106 valence electrons. The van der Waals surface area contributed by atoms with Crippen molar-refractivity contribution >= 4 is 0 Å². The van der Waals surface area contributed by atoms with Crippen LogP contribution in [0.3, 0.4) is 0 Å². The summed E-state index contributed by atoms with van der Waals surface area (Å²) in [6, 6.07) is 10.0. The maximum atomic E-state index is 9.14. The number of rotatable bonds is 3. The highest BCUT2D eigenvalue weighted by Gasteiger charge is 2.61. The van der Waals surface area contributed by atoms with Crippen LogP contribution in [0.25, 0.3) is 0 Å². The molecule has 1 aromatic carbocycles. The van der Waals surface area contributed by atoms with Crippen LogP contribution in [-0.2, 0) is 11.3 Å². The quantitative estimate of drug-likeness (QED) is 0.820. The van der Waals surface area contributed by atoms with Gasteiger partial charge in [0.05, 0.1) is 24.3 Å². The first-order valence-corrected chi connectivity index (χ1v) is 7.58. The fourth-order valence-electron chi connectivity index (χ4n) is 4.33. The van der Waals surface area contributed by atoms with Gasteiger partial charge in [0.25, 0.3) is 0 Å². The van der Waals surface area contributed by atoms with Crippen molar-refractivity contribution in [3.8, 4) is 6.07 Å². The van der Waals surface area contributed by atoms with Gasteiger partial charge < -0.3 is 4.74 Å². The van der Waals surface area contributed by atoms with Crippen LogP contribution in [0.5, 0.6) is 0 Å². The van der Waals surface area contributed by atoms with Crippen LogP contribution in [0.4, 0.5) is 0 Å². The smallest absolute Gasteiger partial charge is 0.0995 e. The van der Waals surface area contributed by atoms with Gasteiger partial charge in [0.1, 0.15) is 0 Å². The average molecular weight is 269 g/mol. The van der Waals surface area contributed by atoms with E-state index in [1.807, 2.05) is 24.3 Å². The lowest BCUT2D eigenvalue weighted by Gasteiger charge is -2.39. The molecular formula is C18H23NO. The zero-order valence-corrected chi connectivity index (χ0v) is 12.6. The van der Waals surface area contributed by atoms with Crippen LogP contribution < -0.4 is 0 Å². The molecule has 2 saturated carbocycles. The molecule has 20 heavy (non-hydrogen) atoms. The lowest BCUT2D eigenvalue weighted by molar-refractivity contribution is -0.0551. The van der Waals surface area contributed by atoms with E-state index < -0.39 is 0 Å². The topological polar surface area (TPSA) is 33.0 Å². The van der Waals surface area contributed by atoms with Crippen molar-refractivity contribution in [2.75, 3.05) is 0 Å². The summed E-state index contributed by atoms with van der Waals surface area (Å²) in [4.78, 5) is 0. The Labute approximate surface area is 121 Å². The van der Waals surface area contributed by atoms with Crippen molar-refractivity contribution in [2.24, 2.45) is 16.7 Å². The molecule has 2 bridgehead atoms. The molecule has 0 saturated heterocycles. The SMILES string of the molecule is CC1(C)C2CCC1(C)C(OCc1ccccc1C#N)C2. The first-order chi connectivity index (χ1) is 9.49. The summed E-state index contributed by atoms with van der Waals surface area (Å²) in [7, 11) is 0. The highest BCUT2D eigenvalue weighted by Crippen LogP contribution is 2.66. The molecule has 2 heteroatoms. The number of nitrogens with zero attached hydrogens (tertiary/aromatic N) is 1. The van der Waals surface area contributed by atoms with E-state index in [4.69, 9.17) is 10.00 Å². The van der Waals surface area contributed by atoms with E-state index >= 15 is 0 Å². The van der Waals surface area contributed by atoms with Crippen molar-refractivity contribution < 1.29 is 4.74 Å². The van der Waals surface area contributed by atoms with Crippen LogP contribution in [0.2, 0.25) is 0 Å². The Kier molecular flexibility index (Phi) is 3.14. The van der Waals surface area contributed by atoms with Crippen LogP contribution in [-0.4, -0.2) is 6.10 Å². The third-order valence-electron chi connectivity index (χ3n) is 6.29. The summed E-state index contributed by atoms with van der Waals surface area (Å²) in [6.45, 7) is 7.75. The van der Waals surface area contributed by atoms with Gasteiger partial charge in [0.15, 0.2) is 0 Å². The van der Waals surface area contributed by atoms with Crippen molar-refractivity contribution in [3.63, 3.8) is 0 Å². The Morgan fingerprint density at radius 3 is 2.65 bits per heavy atom. The Morgan fingerprint density at radius 1 is 1.30 bits per heavy atom. The third kappa shape index (κ3) is 1.80. The highest BCUT2D eigenvalue weighted by atomic mass is 16.5. The molecule has 0 amide bonds. The summed E-state index contributed by atoms with van der Waals surface area (Å²) >= 11 is 0. The molecule has 2 fully saturated rings. The molecule has 0 heterocycles. The fraction of sp³-hybridized carbons (Fsp3) is 0.611. The highest BCUT2D eigenvalue weighted by molar-refractivity contribution is 5.36. The monoisotopic (exact) mass is 269 g/mol. The molecule has 3 rings (SSSR count). The summed E-state index contributed by atoms with van der Waals surface area (Å²) in [6.07, 6.45) is 4.13. The largest absolute Gasteiger partial charge is 0.373 e. The molecule has 0 radical (unpaired) electrons. The van der Waals surface area contributed by atoms with E-state index in [2.05, 4.69) is 26.8 Å². The second kappa shape index (κ2) is 4.60. The molecule has 2 aliphatic carbocycles. The van der Waals surface area contributed by atoms with Gasteiger partial charge in [0, 0.05) is 0 Å². The van der Waals surface area contributed by atoms with Crippen molar-refractivity contribution in [2.45, 2.75) is 52.7 Å². The van der Waals surface area contributed by atoms with Crippen LogP contribution in [0.1, 0.15) is 51.2 Å². The first-order valence-electron chi connectivity index (χ1n) is 7.58. The summed E-state index contributed by atoms with van der Waals surface area (Å²) in [5.74, 6) is 0.795. The van der Waals surface area contributed by atoms with Gasteiger partial charge in [-0.2, -0.15) is 5.26 Å². The van der Waals surface area contributed by atoms with Crippen LogP contribution in [0.15, 0.2) is 24.3 Å². The van der Waals surface area contributed by atoms with E-state index in [1.54, 1.807) is 0 Å². The maximum absolute atomic E-state index is 9.14. The van der Waals surface area contributed by atoms with Crippen LogP contribution in [0, 0.1) is 28.1 Å². The minimum Gasteiger partial charge on any atom is -0.373 e. The van der Waals surface area contributed by atoms with E-state index in [9.17, 15) is 0 Å². The molecule has 0 aromatic heterocycles. The van der Waals surface area contributed by atoms with E-state index in [1.165, 1.54) is 19.3 Å². The van der Waals surface area contributed by atoms with Gasteiger partial charge >= 0.3 is 0 Å². The normalized spacial score (nSPS) is 34.1. The van der Waals surface area contributed by atoms with E-state index in [-0.39, 0.29) is 0 Å². The molecule has 3 atom stereocenters. The lowest BCUT2D eigenvalue weighted by Crippen LogP contribution is -2.37. The molecule has 0 aliphatic heterocycles. The second-order valence-electron chi connectivity index (χ2n) is 7.18. The minimum atomic E-state index is 0.291. The van der Waals surface area contributed by atoms with Crippen molar-refractivity contribution in [3.05, 3.63) is 35.4 Å². The van der Waals surface area contributed by atoms with Gasteiger partial charge in [0.2, 0.25) is 0 Å². The molecular weight excluding hydrogens is 246 g/mol. The molecule has 2 nitrogen and oxygen atoms in total. The Bertz CT molecular complexity index is 557. The fourth-order valence-corrected chi connectivity index (χ4v) is 4.33. The summed E-state index contributed by atoms with van der Waals surface area (Å²) < 4.78 is 6.25. The molecule has 0 spiro atoms. The number of hydrogen-bond donors (Lipinski definition) is 0. The standard InChI is InChI=1S/C18H23NO/c1-17(2)15-8-9-18(17,3)16(10-15)20-12-14-7-5-4-6-13(14)11-19/h4-7,15-16H,8-10,12H2,1-3H3. The predicted octanol–water partition coefficient (Wildman–Crippen LogP) is 4.29. The van der Waals surface area contributed by atoms with Crippen molar-refractivity contribution in [1.82, 2.24) is 0 Å².